The lowest BCUT2D eigenvalue weighted by Crippen LogP contribution is -2.24. The average Bonchev–Trinajstić information content (AvgIpc) is 2.62. The second-order valence-electron chi connectivity index (χ2n) is 4.78. The van der Waals surface area contributed by atoms with Crippen LogP contribution in [0.4, 0.5) is 16.2 Å². The van der Waals surface area contributed by atoms with Crippen LogP contribution in [0.2, 0.25) is 0 Å². The summed E-state index contributed by atoms with van der Waals surface area (Å²) in [5, 5.41) is 7.87. The van der Waals surface area contributed by atoms with Gasteiger partial charge in [-0.05, 0) is 36.4 Å². The lowest BCUT2D eigenvalue weighted by Gasteiger charge is -2.13. The first-order valence-corrected chi connectivity index (χ1v) is 7.20. The van der Waals surface area contributed by atoms with Crippen molar-refractivity contribution in [2.75, 3.05) is 31.9 Å². The molecule has 0 heterocycles. The Hall–Kier alpha value is -3.22. The predicted octanol–water partition coefficient (Wildman–Crippen LogP) is 2.71. The molecule has 0 saturated heterocycles. The van der Waals surface area contributed by atoms with Crippen LogP contribution in [0.3, 0.4) is 0 Å². The van der Waals surface area contributed by atoms with Gasteiger partial charge in [-0.25, -0.2) is 4.79 Å². The molecule has 0 aromatic heterocycles. The highest BCUT2D eigenvalue weighted by Gasteiger charge is 2.16. The van der Waals surface area contributed by atoms with E-state index in [9.17, 15) is 9.59 Å². The molecule has 0 unspecified atom stereocenters. The molecule has 7 heteroatoms. The molecule has 0 aliphatic heterocycles. The second kappa shape index (κ2) is 7.87. The third-order valence-corrected chi connectivity index (χ3v) is 3.28. The van der Waals surface area contributed by atoms with Gasteiger partial charge in [0.25, 0.3) is 5.91 Å². The van der Waals surface area contributed by atoms with Crippen LogP contribution in [0.5, 0.6) is 11.5 Å². The molecule has 7 nitrogen and oxygen atoms in total. The van der Waals surface area contributed by atoms with E-state index in [2.05, 4.69) is 16.0 Å². The minimum Gasteiger partial charge on any atom is -0.493 e. The first-order chi connectivity index (χ1) is 11.6. The van der Waals surface area contributed by atoms with Gasteiger partial charge in [-0.1, -0.05) is 6.07 Å². The van der Waals surface area contributed by atoms with Gasteiger partial charge in [0.15, 0.2) is 11.5 Å². The highest BCUT2D eigenvalue weighted by molar-refractivity contribution is 6.06. The third-order valence-electron chi connectivity index (χ3n) is 3.28. The van der Waals surface area contributed by atoms with Crippen LogP contribution in [0, 0.1) is 0 Å². The number of anilines is 2. The largest absolute Gasteiger partial charge is 0.493 e. The average molecular weight is 329 g/mol. The van der Waals surface area contributed by atoms with Crippen molar-refractivity contribution in [2.24, 2.45) is 0 Å². The number of hydrogen-bond donors (Lipinski definition) is 3. The number of carbonyl (C=O) groups excluding carboxylic acids is 2. The highest BCUT2D eigenvalue weighted by atomic mass is 16.5. The fourth-order valence-electron chi connectivity index (χ4n) is 2.09. The minimum atomic E-state index is -0.322. The van der Waals surface area contributed by atoms with Crippen molar-refractivity contribution in [3.8, 4) is 11.5 Å². The number of hydrogen-bond acceptors (Lipinski definition) is 4. The number of urea groups is 1. The van der Waals surface area contributed by atoms with E-state index in [0.717, 1.165) is 0 Å². The maximum absolute atomic E-state index is 12.4. The van der Waals surface area contributed by atoms with Crippen molar-refractivity contribution in [3.05, 3.63) is 48.0 Å². The molecule has 0 saturated carbocycles. The Kier molecular flexibility index (Phi) is 5.62. The predicted molar refractivity (Wildman–Crippen MR) is 92.0 cm³/mol. The monoisotopic (exact) mass is 329 g/mol. The second-order valence-corrected chi connectivity index (χ2v) is 4.78. The molecule has 0 bridgehead atoms. The number of benzene rings is 2. The van der Waals surface area contributed by atoms with Crippen LogP contribution < -0.4 is 25.4 Å². The number of para-hydroxylation sites is 1. The fraction of sp³-hybridized carbons (Fsp3) is 0.176. The smallest absolute Gasteiger partial charge is 0.318 e. The summed E-state index contributed by atoms with van der Waals surface area (Å²) in [6.45, 7) is 0. The summed E-state index contributed by atoms with van der Waals surface area (Å²) >= 11 is 0. The standard InChI is InChI=1S/C17H19N3O4/c1-18-17(22)20-12-9-7-11(8-10-12)19-16(21)13-5-4-6-14(23-2)15(13)24-3/h4-10H,1-3H3,(H,19,21)(H2,18,20,22). The highest BCUT2D eigenvalue weighted by Crippen LogP contribution is 2.31. The zero-order valence-electron chi connectivity index (χ0n) is 13.7. The van der Waals surface area contributed by atoms with E-state index in [1.54, 1.807) is 42.5 Å². The van der Waals surface area contributed by atoms with Crippen molar-refractivity contribution in [1.82, 2.24) is 5.32 Å². The molecule has 0 spiro atoms. The summed E-state index contributed by atoms with van der Waals surface area (Å²) in [6, 6.07) is 11.5. The summed E-state index contributed by atoms with van der Waals surface area (Å²) < 4.78 is 10.5. The normalized spacial score (nSPS) is 9.79. The number of ether oxygens (including phenoxy) is 2. The van der Waals surface area contributed by atoms with Crippen LogP contribution in [-0.2, 0) is 0 Å². The first kappa shape index (κ1) is 17.1. The van der Waals surface area contributed by atoms with Crippen molar-refractivity contribution in [2.45, 2.75) is 0 Å². The number of carbonyl (C=O) groups is 2. The summed E-state index contributed by atoms with van der Waals surface area (Å²) in [4.78, 5) is 23.7. The molecular weight excluding hydrogens is 310 g/mol. The minimum absolute atomic E-state index is 0.312. The molecule has 0 aliphatic rings. The van der Waals surface area contributed by atoms with Gasteiger partial charge in [-0.3, -0.25) is 4.79 Å². The zero-order valence-corrected chi connectivity index (χ0v) is 13.7. The van der Waals surface area contributed by atoms with Gasteiger partial charge in [-0.2, -0.15) is 0 Å². The maximum atomic E-state index is 12.4. The lowest BCUT2D eigenvalue weighted by molar-refractivity contribution is 0.102. The molecule has 2 rings (SSSR count). The van der Waals surface area contributed by atoms with Gasteiger partial charge in [0.05, 0.1) is 19.8 Å². The molecule has 126 valence electrons. The Morgan fingerprint density at radius 1 is 0.875 bits per heavy atom. The Morgan fingerprint density at radius 3 is 2.04 bits per heavy atom. The van der Waals surface area contributed by atoms with E-state index in [1.807, 2.05) is 0 Å². The lowest BCUT2D eigenvalue weighted by atomic mass is 10.1. The topological polar surface area (TPSA) is 88.7 Å². The van der Waals surface area contributed by atoms with E-state index in [-0.39, 0.29) is 11.9 Å². The third kappa shape index (κ3) is 3.95. The SMILES string of the molecule is CNC(=O)Nc1ccc(NC(=O)c2cccc(OC)c2OC)cc1. The maximum Gasteiger partial charge on any atom is 0.318 e. The fourth-order valence-corrected chi connectivity index (χ4v) is 2.09. The van der Waals surface area contributed by atoms with Gasteiger partial charge >= 0.3 is 6.03 Å². The molecule has 2 aromatic carbocycles. The van der Waals surface area contributed by atoms with Gasteiger partial charge in [0.1, 0.15) is 0 Å². The van der Waals surface area contributed by atoms with Gasteiger partial charge in [0, 0.05) is 18.4 Å². The van der Waals surface area contributed by atoms with Crippen LogP contribution in [-0.4, -0.2) is 33.2 Å². The number of rotatable bonds is 5. The van der Waals surface area contributed by atoms with Crippen molar-refractivity contribution >= 4 is 23.3 Å². The van der Waals surface area contributed by atoms with Gasteiger partial charge in [0.2, 0.25) is 0 Å². The molecule has 0 fully saturated rings. The van der Waals surface area contributed by atoms with Crippen LogP contribution >= 0.6 is 0 Å². The molecule has 0 radical (unpaired) electrons. The van der Waals surface area contributed by atoms with Crippen molar-refractivity contribution in [1.29, 1.82) is 0 Å². The molecule has 0 atom stereocenters. The Balaban J connectivity index is 2.14. The van der Waals surface area contributed by atoms with Crippen LogP contribution in [0.25, 0.3) is 0 Å². The zero-order chi connectivity index (χ0) is 17.5. The molecule has 24 heavy (non-hydrogen) atoms. The van der Waals surface area contributed by atoms with Gasteiger partial charge < -0.3 is 25.4 Å². The Bertz CT molecular complexity index is 729. The van der Waals surface area contributed by atoms with Crippen molar-refractivity contribution in [3.63, 3.8) is 0 Å². The molecule has 0 aliphatic carbocycles. The Labute approximate surface area is 140 Å². The van der Waals surface area contributed by atoms with E-state index in [4.69, 9.17) is 9.47 Å². The van der Waals surface area contributed by atoms with E-state index in [1.165, 1.54) is 21.3 Å². The summed E-state index contributed by atoms with van der Waals surface area (Å²) in [6.07, 6.45) is 0. The van der Waals surface area contributed by atoms with E-state index in [0.29, 0.717) is 28.4 Å². The molecule has 3 N–H and O–H groups in total. The quantitative estimate of drug-likeness (QED) is 0.787. The van der Waals surface area contributed by atoms with E-state index < -0.39 is 0 Å². The number of amides is 3. The number of methoxy groups -OCH3 is 2. The summed E-state index contributed by atoms with van der Waals surface area (Å²) in [5.41, 5.74) is 1.57. The van der Waals surface area contributed by atoms with Crippen LogP contribution in [0.1, 0.15) is 10.4 Å². The van der Waals surface area contributed by atoms with Gasteiger partial charge in [-0.15, -0.1) is 0 Å². The molecule has 3 amide bonds. The molecular formula is C17H19N3O4. The van der Waals surface area contributed by atoms with Crippen LogP contribution in [0.15, 0.2) is 42.5 Å². The number of nitrogens with one attached hydrogen (secondary N) is 3. The summed E-state index contributed by atoms with van der Waals surface area (Å²) in [7, 11) is 4.52. The first-order valence-electron chi connectivity index (χ1n) is 7.20. The Morgan fingerprint density at radius 2 is 1.50 bits per heavy atom. The summed E-state index contributed by atoms with van der Waals surface area (Å²) in [5.74, 6) is 0.531. The van der Waals surface area contributed by atoms with Crippen molar-refractivity contribution < 1.29 is 19.1 Å². The molecule has 2 aromatic rings. The van der Waals surface area contributed by atoms with E-state index >= 15 is 0 Å².